The van der Waals surface area contributed by atoms with Crippen molar-refractivity contribution in [2.75, 3.05) is 0 Å². The first-order valence-electron chi connectivity index (χ1n) is 7.21. The van der Waals surface area contributed by atoms with Crippen molar-refractivity contribution in [3.05, 3.63) is 81.9 Å². The van der Waals surface area contributed by atoms with E-state index in [0.29, 0.717) is 5.02 Å². The van der Waals surface area contributed by atoms with Gasteiger partial charge < -0.3 is 5.11 Å². The summed E-state index contributed by atoms with van der Waals surface area (Å²) in [4.78, 5) is 0. The van der Waals surface area contributed by atoms with Crippen molar-refractivity contribution >= 4 is 22.4 Å². The second-order valence-corrected chi connectivity index (χ2v) is 6.04. The minimum absolute atomic E-state index is 0.618. The molecule has 104 valence electrons. The Morgan fingerprint density at radius 3 is 2.33 bits per heavy atom. The van der Waals surface area contributed by atoms with Crippen molar-refractivity contribution in [3.8, 4) is 0 Å². The van der Waals surface area contributed by atoms with Crippen LogP contribution in [0.1, 0.15) is 28.4 Å². The number of hydrogen-bond acceptors (Lipinski definition) is 1. The Kier molecular flexibility index (Phi) is 2.99. The van der Waals surface area contributed by atoms with Crippen molar-refractivity contribution in [2.45, 2.75) is 18.9 Å². The molecule has 3 aromatic carbocycles. The summed E-state index contributed by atoms with van der Waals surface area (Å²) < 4.78 is 0. The Morgan fingerprint density at radius 1 is 0.857 bits per heavy atom. The summed E-state index contributed by atoms with van der Waals surface area (Å²) in [6, 6.07) is 18.0. The predicted molar refractivity (Wildman–Crippen MR) is 86.9 cm³/mol. The van der Waals surface area contributed by atoms with Crippen LogP contribution in [0.2, 0.25) is 5.02 Å². The summed E-state index contributed by atoms with van der Waals surface area (Å²) in [6.07, 6.45) is 1.59. The van der Waals surface area contributed by atoms with Gasteiger partial charge in [0.05, 0.1) is 0 Å². The molecule has 21 heavy (non-hydrogen) atoms. The minimum atomic E-state index is -0.618. The quantitative estimate of drug-likeness (QED) is 0.728. The average Bonchev–Trinajstić information content (AvgIpc) is 2.93. The highest BCUT2D eigenvalue weighted by molar-refractivity contribution is 6.30. The molecular weight excluding hydrogens is 280 g/mol. The maximum Gasteiger partial charge on any atom is 0.105 e. The summed E-state index contributed by atoms with van der Waals surface area (Å²) in [7, 11) is 0. The maximum atomic E-state index is 10.7. The molecule has 0 saturated heterocycles. The fraction of sp³-hybridized carbons (Fsp3) is 0.158. The molecule has 0 heterocycles. The molecular formula is C19H15ClO. The summed E-state index contributed by atoms with van der Waals surface area (Å²) in [5, 5.41) is 13.9. The van der Waals surface area contributed by atoms with Crippen LogP contribution in [0.3, 0.4) is 0 Å². The number of hydrogen-bond donors (Lipinski definition) is 1. The van der Waals surface area contributed by atoms with Crippen molar-refractivity contribution < 1.29 is 5.11 Å². The van der Waals surface area contributed by atoms with E-state index in [1.54, 1.807) is 0 Å². The summed E-state index contributed by atoms with van der Waals surface area (Å²) in [5.41, 5.74) is 4.64. The summed E-state index contributed by atoms with van der Waals surface area (Å²) >= 11 is 5.93. The Morgan fingerprint density at radius 2 is 1.57 bits per heavy atom. The molecule has 2 heteroatoms. The molecule has 1 N–H and O–H groups in total. The lowest BCUT2D eigenvalue weighted by atomic mass is 9.93. The van der Waals surface area contributed by atoms with E-state index < -0.39 is 6.10 Å². The van der Waals surface area contributed by atoms with Crippen molar-refractivity contribution in [3.63, 3.8) is 0 Å². The smallest absolute Gasteiger partial charge is 0.105 e. The Bertz CT molecular complexity index is 811. The molecule has 4 rings (SSSR count). The molecule has 1 aliphatic carbocycles. The predicted octanol–water partition coefficient (Wildman–Crippen LogP) is 4.67. The molecule has 0 bridgehead atoms. The first kappa shape index (κ1) is 12.9. The third-order valence-corrected chi connectivity index (χ3v) is 4.64. The SMILES string of the molecule is O[C@@H](c1ccc(Cl)cc1)c1ccc2c3c(cccc13)CC2. The van der Waals surface area contributed by atoms with E-state index in [2.05, 4.69) is 30.3 Å². The molecule has 0 radical (unpaired) electrons. The van der Waals surface area contributed by atoms with E-state index in [4.69, 9.17) is 11.6 Å². The second kappa shape index (κ2) is 4.87. The standard InChI is InChI=1S/C19H15ClO/c20-15-9-6-14(7-10-15)19(21)17-11-8-13-5-4-12-2-1-3-16(17)18(12)13/h1-3,6-11,19,21H,4-5H2/t19-/m0/s1. The lowest BCUT2D eigenvalue weighted by Crippen LogP contribution is -2.01. The summed E-state index contributed by atoms with van der Waals surface area (Å²) in [5.74, 6) is 0. The fourth-order valence-corrected chi connectivity index (χ4v) is 3.46. The van der Waals surface area contributed by atoms with E-state index in [9.17, 15) is 5.11 Å². The van der Waals surface area contributed by atoms with Crippen LogP contribution in [0.25, 0.3) is 10.8 Å². The molecule has 0 fully saturated rings. The van der Waals surface area contributed by atoms with Crippen LogP contribution >= 0.6 is 11.6 Å². The van der Waals surface area contributed by atoms with Gasteiger partial charge in [0.15, 0.2) is 0 Å². The van der Waals surface area contributed by atoms with Crippen LogP contribution in [0.15, 0.2) is 54.6 Å². The van der Waals surface area contributed by atoms with Crippen LogP contribution < -0.4 is 0 Å². The second-order valence-electron chi connectivity index (χ2n) is 5.61. The van der Waals surface area contributed by atoms with E-state index in [1.807, 2.05) is 24.3 Å². The monoisotopic (exact) mass is 294 g/mol. The van der Waals surface area contributed by atoms with Gasteiger partial charge in [-0.3, -0.25) is 0 Å². The number of halogens is 1. The highest BCUT2D eigenvalue weighted by Gasteiger charge is 2.19. The number of rotatable bonds is 2. The van der Waals surface area contributed by atoms with Crippen molar-refractivity contribution in [1.29, 1.82) is 0 Å². The van der Waals surface area contributed by atoms with Crippen LogP contribution in [-0.4, -0.2) is 5.11 Å². The summed E-state index contributed by atoms with van der Waals surface area (Å²) in [6.45, 7) is 0. The molecule has 0 unspecified atom stereocenters. The zero-order valence-corrected chi connectivity index (χ0v) is 12.3. The third-order valence-electron chi connectivity index (χ3n) is 4.39. The number of benzene rings is 3. The van der Waals surface area contributed by atoms with E-state index in [-0.39, 0.29) is 0 Å². The fourth-order valence-electron chi connectivity index (χ4n) is 3.33. The largest absolute Gasteiger partial charge is 0.384 e. The molecule has 0 spiro atoms. The van der Waals surface area contributed by atoms with Crippen LogP contribution in [0, 0.1) is 0 Å². The molecule has 0 aliphatic heterocycles. The molecule has 3 aromatic rings. The highest BCUT2D eigenvalue weighted by atomic mass is 35.5. The molecule has 1 nitrogen and oxygen atoms in total. The number of aryl methyl sites for hydroxylation is 2. The van der Waals surface area contributed by atoms with Gasteiger partial charge in [-0.1, -0.05) is 54.1 Å². The molecule has 1 atom stereocenters. The van der Waals surface area contributed by atoms with Crippen molar-refractivity contribution in [2.24, 2.45) is 0 Å². The normalized spacial score (nSPS) is 14.6. The van der Waals surface area contributed by atoms with Crippen molar-refractivity contribution in [1.82, 2.24) is 0 Å². The van der Waals surface area contributed by atoms with Gasteiger partial charge in [-0.25, -0.2) is 0 Å². The van der Waals surface area contributed by atoms with E-state index in [1.165, 1.54) is 21.9 Å². The first-order valence-corrected chi connectivity index (χ1v) is 7.59. The molecule has 1 aliphatic rings. The topological polar surface area (TPSA) is 20.2 Å². The van der Waals surface area contributed by atoms with Crippen LogP contribution in [-0.2, 0) is 12.8 Å². The lowest BCUT2D eigenvalue weighted by Gasteiger charge is -2.15. The van der Waals surface area contributed by atoms with Crippen LogP contribution in [0.4, 0.5) is 0 Å². The van der Waals surface area contributed by atoms with Crippen LogP contribution in [0.5, 0.6) is 0 Å². The lowest BCUT2D eigenvalue weighted by molar-refractivity contribution is 0.222. The molecule has 0 saturated carbocycles. The zero-order valence-electron chi connectivity index (χ0n) is 11.5. The average molecular weight is 295 g/mol. The zero-order chi connectivity index (χ0) is 14.4. The molecule has 0 amide bonds. The van der Waals surface area contributed by atoms with E-state index >= 15 is 0 Å². The number of aliphatic hydroxyl groups is 1. The Hall–Kier alpha value is -1.83. The van der Waals surface area contributed by atoms with Gasteiger partial charge in [-0.2, -0.15) is 0 Å². The van der Waals surface area contributed by atoms with Gasteiger partial charge in [0.1, 0.15) is 6.10 Å². The molecule has 0 aromatic heterocycles. The number of aliphatic hydroxyl groups excluding tert-OH is 1. The minimum Gasteiger partial charge on any atom is -0.384 e. The van der Waals surface area contributed by atoms with Gasteiger partial charge >= 0.3 is 0 Å². The van der Waals surface area contributed by atoms with Gasteiger partial charge in [-0.15, -0.1) is 0 Å². The first-order chi connectivity index (χ1) is 10.2. The van der Waals surface area contributed by atoms with Gasteiger partial charge in [0.25, 0.3) is 0 Å². The Labute approximate surface area is 128 Å². The van der Waals surface area contributed by atoms with Gasteiger partial charge in [-0.05, 0) is 58.0 Å². The highest BCUT2D eigenvalue weighted by Crippen LogP contribution is 2.36. The maximum absolute atomic E-state index is 10.7. The Balaban J connectivity index is 1.89. The van der Waals surface area contributed by atoms with E-state index in [0.717, 1.165) is 24.0 Å². The van der Waals surface area contributed by atoms with Gasteiger partial charge in [0.2, 0.25) is 0 Å². The third kappa shape index (κ3) is 2.05. The van der Waals surface area contributed by atoms with Gasteiger partial charge in [0, 0.05) is 5.02 Å².